The summed E-state index contributed by atoms with van der Waals surface area (Å²) < 4.78 is 6.71. The molecule has 0 N–H and O–H groups in total. The summed E-state index contributed by atoms with van der Waals surface area (Å²) in [7, 11) is 0. The summed E-state index contributed by atoms with van der Waals surface area (Å²) in [5, 5.41) is 17.4. The van der Waals surface area contributed by atoms with E-state index in [0.29, 0.717) is 11.3 Å². The van der Waals surface area contributed by atoms with E-state index in [1.807, 2.05) is 36.4 Å². The maximum absolute atomic E-state index is 10.6. The molecular formula is C44H25N5. The quantitative estimate of drug-likeness (QED) is 0.181. The molecule has 0 saturated carbocycles. The van der Waals surface area contributed by atoms with Crippen LogP contribution in [0.1, 0.15) is 5.56 Å². The van der Waals surface area contributed by atoms with E-state index in [1.54, 1.807) is 6.07 Å². The van der Waals surface area contributed by atoms with Gasteiger partial charge in [0.15, 0.2) is 0 Å². The molecule has 0 saturated heterocycles. The molecular weight excluding hydrogens is 599 g/mol. The number of hydrogen-bond acceptors (Lipinski definition) is 1. The first-order valence-corrected chi connectivity index (χ1v) is 16.2. The highest BCUT2D eigenvalue weighted by atomic mass is 15.0. The molecule has 10 rings (SSSR count). The highest BCUT2D eigenvalue weighted by Gasteiger charge is 2.23. The zero-order chi connectivity index (χ0) is 32.6. The van der Waals surface area contributed by atoms with E-state index in [1.165, 1.54) is 10.8 Å². The lowest BCUT2D eigenvalue weighted by molar-refractivity contribution is 1.13. The molecule has 226 valence electrons. The van der Waals surface area contributed by atoms with Gasteiger partial charge in [-0.1, -0.05) is 91.0 Å². The van der Waals surface area contributed by atoms with Crippen molar-refractivity contribution in [1.82, 2.24) is 13.7 Å². The van der Waals surface area contributed by atoms with Gasteiger partial charge in [-0.2, -0.15) is 5.26 Å². The second-order valence-corrected chi connectivity index (χ2v) is 12.3. The summed E-state index contributed by atoms with van der Waals surface area (Å²) in [6.07, 6.45) is 0. The minimum absolute atomic E-state index is 0.431. The fourth-order valence-electron chi connectivity index (χ4n) is 7.92. The lowest BCUT2D eigenvalue weighted by atomic mass is 10.1. The number of aromatic nitrogens is 3. The molecule has 3 heterocycles. The average molecular weight is 624 g/mol. The molecule has 5 nitrogen and oxygen atoms in total. The Hall–Kier alpha value is -7.08. The smallest absolute Gasteiger partial charge is 0.212 e. The van der Waals surface area contributed by atoms with E-state index >= 15 is 0 Å². The molecule has 0 bridgehead atoms. The molecule has 5 heteroatoms. The SMILES string of the molecule is [C-]#[N+]c1cc(C#N)c(-n2c3ccccc3c3c4c5ccccc5n(-c5ccccc5)c4ccc32)cc1-n1c2ccccc2c2ccccc21. The third-order valence-corrected chi connectivity index (χ3v) is 9.88. The van der Waals surface area contributed by atoms with Crippen LogP contribution in [0.3, 0.4) is 0 Å². The van der Waals surface area contributed by atoms with Gasteiger partial charge < -0.3 is 13.7 Å². The van der Waals surface area contributed by atoms with Gasteiger partial charge in [0.25, 0.3) is 0 Å². The normalized spacial score (nSPS) is 11.6. The first-order chi connectivity index (χ1) is 24.3. The Kier molecular flexibility index (Phi) is 5.64. The summed E-state index contributed by atoms with van der Waals surface area (Å²) in [6, 6.07) is 54.7. The van der Waals surface area contributed by atoms with Crippen LogP contribution in [0.2, 0.25) is 0 Å². The molecule has 0 aliphatic rings. The van der Waals surface area contributed by atoms with Gasteiger partial charge in [-0.15, -0.1) is 0 Å². The summed E-state index contributed by atoms with van der Waals surface area (Å²) >= 11 is 0. The van der Waals surface area contributed by atoms with Gasteiger partial charge in [0.2, 0.25) is 5.69 Å². The van der Waals surface area contributed by atoms with Crippen molar-refractivity contribution in [3.8, 4) is 23.1 Å². The topological polar surface area (TPSA) is 42.9 Å². The van der Waals surface area contributed by atoms with Crippen molar-refractivity contribution in [3.63, 3.8) is 0 Å². The van der Waals surface area contributed by atoms with Gasteiger partial charge in [-0.25, -0.2) is 4.85 Å². The molecule has 0 aliphatic heterocycles. The van der Waals surface area contributed by atoms with Gasteiger partial charge in [-0.3, -0.25) is 0 Å². The zero-order valence-corrected chi connectivity index (χ0v) is 26.2. The molecule has 0 radical (unpaired) electrons. The van der Waals surface area contributed by atoms with Crippen LogP contribution in [-0.2, 0) is 0 Å². The molecule has 49 heavy (non-hydrogen) atoms. The Morgan fingerprint density at radius 1 is 0.449 bits per heavy atom. The predicted molar refractivity (Wildman–Crippen MR) is 200 cm³/mol. The van der Waals surface area contributed by atoms with Crippen LogP contribution in [-0.4, -0.2) is 13.7 Å². The van der Waals surface area contributed by atoms with Crippen LogP contribution < -0.4 is 0 Å². The Morgan fingerprint density at radius 3 is 1.45 bits per heavy atom. The number of hydrogen-bond donors (Lipinski definition) is 0. The number of nitriles is 1. The molecule has 10 aromatic rings. The number of para-hydroxylation sites is 5. The predicted octanol–water partition coefficient (Wildman–Crippen LogP) is 11.4. The lowest BCUT2D eigenvalue weighted by Gasteiger charge is -2.16. The van der Waals surface area contributed by atoms with E-state index in [9.17, 15) is 5.26 Å². The second-order valence-electron chi connectivity index (χ2n) is 12.3. The average Bonchev–Trinajstić information content (AvgIpc) is 3.80. The molecule has 3 aromatic heterocycles. The van der Waals surface area contributed by atoms with Crippen LogP contribution >= 0.6 is 0 Å². The van der Waals surface area contributed by atoms with Crippen molar-refractivity contribution in [3.05, 3.63) is 169 Å². The van der Waals surface area contributed by atoms with Crippen LogP contribution in [0.15, 0.2) is 152 Å². The van der Waals surface area contributed by atoms with Crippen molar-refractivity contribution < 1.29 is 0 Å². The van der Waals surface area contributed by atoms with E-state index in [-0.39, 0.29) is 0 Å². The van der Waals surface area contributed by atoms with Crippen molar-refractivity contribution in [1.29, 1.82) is 5.26 Å². The summed E-state index contributed by atoms with van der Waals surface area (Å²) in [4.78, 5) is 3.97. The highest BCUT2D eigenvalue weighted by molar-refractivity contribution is 6.29. The molecule has 0 aliphatic carbocycles. The third-order valence-electron chi connectivity index (χ3n) is 9.88. The Bertz CT molecular complexity index is 3020. The number of nitrogens with zero attached hydrogens (tertiary/aromatic N) is 5. The van der Waals surface area contributed by atoms with Gasteiger partial charge in [-0.05, 0) is 60.7 Å². The first kappa shape index (κ1) is 27.1. The minimum Gasteiger partial charge on any atom is -0.319 e. The molecule has 0 spiro atoms. The van der Waals surface area contributed by atoms with E-state index < -0.39 is 0 Å². The fourth-order valence-corrected chi connectivity index (χ4v) is 7.92. The molecule has 0 fully saturated rings. The first-order valence-electron chi connectivity index (χ1n) is 16.2. The largest absolute Gasteiger partial charge is 0.319 e. The van der Waals surface area contributed by atoms with Crippen LogP contribution in [0, 0.1) is 17.9 Å². The van der Waals surface area contributed by atoms with E-state index in [4.69, 9.17) is 6.57 Å². The molecule has 0 unspecified atom stereocenters. The van der Waals surface area contributed by atoms with Gasteiger partial charge >= 0.3 is 0 Å². The van der Waals surface area contributed by atoms with Crippen molar-refractivity contribution in [2.24, 2.45) is 0 Å². The number of benzene rings is 7. The van der Waals surface area contributed by atoms with Crippen molar-refractivity contribution in [2.45, 2.75) is 0 Å². The monoisotopic (exact) mass is 623 g/mol. The Morgan fingerprint density at radius 2 is 0.898 bits per heavy atom. The maximum Gasteiger partial charge on any atom is 0.212 e. The number of fused-ring (bicyclic) bond motifs is 10. The Balaban J connectivity index is 1.36. The van der Waals surface area contributed by atoms with Gasteiger partial charge in [0, 0.05) is 38.0 Å². The lowest BCUT2D eigenvalue weighted by Crippen LogP contribution is -2.02. The number of rotatable bonds is 3. The van der Waals surface area contributed by atoms with Gasteiger partial charge in [0.1, 0.15) is 0 Å². The maximum atomic E-state index is 10.6. The zero-order valence-electron chi connectivity index (χ0n) is 26.2. The van der Waals surface area contributed by atoms with E-state index in [2.05, 4.69) is 134 Å². The van der Waals surface area contributed by atoms with Crippen molar-refractivity contribution >= 4 is 71.1 Å². The van der Waals surface area contributed by atoms with Gasteiger partial charge in [0.05, 0.1) is 62.7 Å². The highest BCUT2D eigenvalue weighted by Crippen LogP contribution is 2.44. The molecule has 7 aromatic carbocycles. The van der Waals surface area contributed by atoms with Crippen molar-refractivity contribution in [2.75, 3.05) is 0 Å². The summed E-state index contributed by atoms with van der Waals surface area (Å²) in [5.41, 5.74) is 9.77. The molecule has 0 amide bonds. The standard InChI is InChI=1S/C44H25N5/c1-46-34-25-28(27-45)41(26-42(34)48-35-19-9-5-15-30(35)31-16-6-10-20-36(31)48)49-38-22-12-8-18-33(38)44-40(49)24-23-39-43(44)32-17-7-11-21-37(32)47(39)29-13-3-2-4-14-29/h2-26H. The van der Waals surface area contributed by atoms with E-state index in [0.717, 1.165) is 71.7 Å². The van der Waals surface area contributed by atoms with Crippen LogP contribution in [0.4, 0.5) is 5.69 Å². The summed E-state index contributed by atoms with van der Waals surface area (Å²) in [6.45, 7) is 8.22. The Labute approximate surface area is 281 Å². The fraction of sp³-hybridized carbons (Fsp3) is 0. The van der Waals surface area contributed by atoms with Crippen LogP contribution in [0.25, 0.3) is 87.3 Å². The van der Waals surface area contributed by atoms with Crippen LogP contribution in [0.5, 0.6) is 0 Å². The summed E-state index contributed by atoms with van der Waals surface area (Å²) in [5.74, 6) is 0. The molecule has 0 atom stereocenters. The second kappa shape index (κ2) is 10.2. The minimum atomic E-state index is 0.431. The third kappa shape index (κ3) is 3.67.